The van der Waals surface area contributed by atoms with E-state index in [4.69, 9.17) is 29.0 Å². The van der Waals surface area contributed by atoms with E-state index in [1.807, 2.05) is 0 Å². The van der Waals surface area contributed by atoms with Gasteiger partial charge in [0.1, 0.15) is 0 Å². The van der Waals surface area contributed by atoms with Crippen molar-refractivity contribution in [3.05, 3.63) is 46.5 Å². The minimum atomic E-state index is -0.157. The van der Waals surface area contributed by atoms with Crippen molar-refractivity contribution >= 4 is 29.0 Å². The van der Waals surface area contributed by atoms with Crippen molar-refractivity contribution in [1.82, 2.24) is 9.78 Å². The van der Waals surface area contributed by atoms with E-state index < -0.39 is 0 Å². The van der Waals surface area contributed by atoms with E-state index in [0.717, 1.165) is 0 Å². The SMILES string of the molecule is N[n+]1cnn(CC(=O)c2ccc(Cl)cc2Cl)c1. The van der Waals surface area contributed by atoms with Crippen LogP contribution in [0.5, 0.6) is 0 Å². The number of halogens is 2. The first-order valence-electron chi connectivity index (χ1n) is 4.73. The Morgan fingerprint density at radius 2 is 2.24 bits per heavy atom. The normalized spacial score (nSPS) is 10.5. The number of nitrogen functional groups attached to an aromatic ring is 1. The van der Waals surface area contributed by atoms with E-state index in [2.05, 4.69) is 5.10 Å². The number of Topliss-reactive ketones (excluding diaryl/α,β-unsaturated/α-hetero) is 1. The van der Waals surface area contributed by atoms with Crippen molar-refractivity contribution in [2.75, 3.05) is 5.84 Å². The average molecular weight is 272 g/mol. The lowest BCUT2D eigenvalue weighted by atomic mass is 10.1. The van der Waals surface area contributed by atoms with Gasteiger partial charge in [0.05, 0.1) is 5.02 Å². The van der Waals surface area contributed by atoms with Gasteiger partial charge in [0, 0.05) is 15.7 Å². The third-order valence-corrected chi connectivity index (χ3v) is 2.68. The lowest BCUT2D eigenvalue weighted by Gasteiger charge is -2.01. The molecular weight excluding hydrogens is 263 g/mol. The number of nitrogens with two attached hydrogens (primary N) is 1. The smallest absolute Gasteiger partial charge is 0.286 e. The van der Waals surface area contributed by atoms with Gasteiger partial charge in [-0.15, -0.1) is 9.36 Å². The van der Waals surface area contributed by atoms with E-state index in [-0.39, 0.29) is 12.3 Å². The van der Waals surface area contributed by atoms with Crippen molar-refractivity contribution in [2.45, 2.75) is 6.54 Å². The van der Waals surface area contributed by atoms with Crippen LogP contribution in [0.1, 0.15) is 10.4 Å². The largest absolute Gasteiger partial charge is 0.290 e. The van der Waals surface area contributed by atoms with Crippen LogP contribution in [0, 0.1) is 0 Å². The number of nitrogens with zero attached hydrogens (tertiary/aromatic N) is 3. The summed E-state index contributed by atoms with van der Waals surface area (Å²) in [5.74, 6) is 5.26. The molecule has 0 saturated heterocycles. The third-order valence-electron chi connectivity index (χ3n) is 2.14. The summed E-state index contributed by atoms with van der Waals surface area (Å²) in [6.07, 6.45) is 2.90. The van der Waals surface area contributed by atoms with Gasteiger partial charge in [0.2, 0.25) is 12.1 Å². The van der Waals surface area contributed by atoms with Gasteiger partial charge in [0.15, 0.2) is 6.54 Å². The molecule has 0 amide bonds. The zero-order valence-electron chi connectivity index (χ0n) is 8.68. The first-order valence-corrected chi connectivity index (χ1v) is 5.49. The van der Waals surface area contributed by atoms with Crippen LogP contribution in [-0.4, -0.2) is 15.6 Å². The van der Waals surface area contributed by atoms with Gasteiger partial charge in [-0.2, -0.15) is 0 Å². The maximum atomic E-state index is 11.9. The number of hydrogen-bond acceptors (Lipinski definition) is 3. The molecule has 88 valence electrons. The Kier molecular flexibility index (Phi) is 3.31. The van der Waals surface area contributed by atoms with E-state index in [9.17, 15) is 4.79 Å². The summed E-state index contributed by atoms with van der Waals surface area (Å²) in [6.45, 7) is 0.0750. The zero-order chi connectivity index (χ0) is 12.4. The highest BCUT2D eigenvalue weighted by molar-refractivity contribution is 6.36. The molecule has 0 aliphatic carbocycles. The van der Waals surface area contributed by atoms with Crippen molar-refractivity contribution in [2.24, 2.45) is 0 Å². The molecule has 0 unspecified atom stereocenters. The Labute approximate surface area is 107 Å². The Morgan fingerprint density at radius 3 is 2.82 bits per heavy atom. The molecule has 0 atom stereocenters. The lowest BCUT2D eigenvalue weighted by molar-refractivity contribution is -0.639. The van der Waals surface area contributed by atoms with Crippen molar-refractivity contribution in [1.29, 1.82) is 0 Å². The second-order valence-corrected chi connectivity index (χ2v) is 4.28. The van der Waals surface area contributed by atoms with Crippen LogP contribution in [0.3, 0.4) is 0 Å². The Balaban J connectivity index is 2.20. The molecule has 5 nitrogen and oxygen atoms in total. The van der Waals surface area contributed by atoms with Crippen LogP contribution in [0.15, 0.2) is 30.9 Å². The molecule has 2 aromatic rings. The third kappa shape index (κ3) is 2.75. The van der Waals surface area contributed by atoms with E-state index >= 15 is 0 Å². The van der Waals surface area contributed by atoms with Crippen LogP contribution in [0.25, 0.3) is 0 Å². The Morgan fingerprint density at radius 1 is 1.47 bits per heavy atom. The quantitative estimate of drug-likeness (QED) is 0.516. The molecule has 0 fully saturated rings. The zero-order valence-corrected chi connectivity index (χ0v) is 10.2. The summed E-state index contributed by atoms with van der Waals surface area (Å²) in [4.78, 5) is 11.9. The summed E-state index contributed by atoms with van der Waals surface area (Å²) in [5, 5.41) is 4.71. The van der Waals surface area contributed by atoms with E-state index in [0.29, 0.717) is 15.6 Å². The predicted octanol–water partition coefficient (Wildman–Crippen LogP) is 1.07. The number of aromatic nitrogens is 3. The molecule has 0 spiro atoms. The average Bonchev–Trinajstić information content (AvgIpc) is 2.63. The van der Waals surface area contributed by atoms with Gasteiger partial charge in [-0.25, -0.2) is 0 Å². The monoisotopic (exact) mass is 271 g/mol. The molecule has 1 aromatic heterocycles. The molecule has 0 aliphatic heterocycles. The topological polar surface area (TPSA) is 64.8 Å². The van der Waals surface area contributed by atoms with Crippen LogP contribution in [-0.2, 0) is 6.54 Å². The molecule has 2 rings (SSSR count). The molecule has 1 aromatic carbocycles. The van der Waals surface area contributed by atoms with Crippen LogP contribution in [0.2, 0.25) is 10.0 Å². The fraction of sp³-hybridized carbons (Fsp3) is 0.100. The molecule has 0 radical (unpaired) electrons. The fourth-order valence-corrected chi connectivity index (χ4v) is 1.88. The molecule has 2 N–H and O–H groups in total. The summed E-state index contributed by atoms with van der Waals surface area (Å²) >= 11 is 11.7. The minimum Gasteiger partial charge on any atom is -0.290 e. The van der Waals surface area contributed by atoms with Gasteiger partial charge in [-0.1, -0.05) is 23.2 Å². The van der Waals surface area contributed by atoms with Gasteiger partial charge in [-0.05, 0) is 18.2 Å². The summed E-state index contributed by atoms with van der Waals surface area (Å²) in [7, 11) is 0. The van der Waals surface area contributed by atoms with E-state index in [1.165, 1.54) is 28.1 Å². The Bertz CT molecular complexity index is 567. The second-order valence-electron chi connectivity index (χ2n) is 3.44. The van der Waals surface area contributed by atoms with Crippen LogP contribution in [0.4, 0.5) is 0 Å². The highest BCUT2D eigenvalue weighted by atomic mass is 35.5. The maximum absolute atomic E-state index is 11.9. The Hall–Kier alpha value is -1.59. The van der Waals surface area contributed by atoms with Gasteiger partial charge in [-0.3, -0.25) is 10.6 Å². The number of hydrogen-bond donors (Lipinski definition) is 1. The standard InChI is InChI=1S/C10H9Cl2N4O/c11-7-1-2-8(9(12)3-7)10(17)4-16-6-15(13)5-14-16/h1-3,5-6H,4,13H2/q+1. The molecular formula is C10H9Cl2N4O+. The van der Waals surface area contributed by atoms with Crippen LogP contribution >= 0.6 is 23.2 Å². The first kappa shape index (κ1) is 11.9. The predicted molar refractivity (Wildman–Crippen MR) is 63.4 cm³/mol. The summed E-state index contributed by atoms with van der Waals surface area (Å²) in [5.41, 5.74) is 0.412. The maximum Gasteiger partial charge on any atom is 0.286 e. The summed E-state index contributed by atoms with van der Waals surface area (Å²) < 4.78 is 2.68. The molecule has 0 bridgehead atoms. The van der Waals surface area contributed by atoms with Crippen molar-refractivity contribution < 1.29 is 9.47 Å². The van der Waals surface area contributed by atoms with Crippen LogP contribution < -0.4 is 10.5 Å². The molecule has 0 saturated carbocycles. The molecule has 1 heterocycles. The minimum absolute atomic E-state index is 0.0750. The van der Waals surface area contributed by atoms with Gasteiger partial charge < -0.3 is 0 Å². The fourth-order valence-electron chi connectivity index (χ4n) is 1.37. The summed E-state index contributed by atoms with van der Waals surface area (Å²) in [6, 6.07) is 4.74. The number of carbonyl (C=O) groups excluding carboxylic acids is 1. The molecule has 7 heteroatoms. The molecule has 0 aliphatic rings. The second kappa shape index (κ2) is 4.73. The van der Waals surface area contributed by atoms with E-state index in [1.54, 1.807) is 12.1 Å². The highest BCUT2D eigenvalue weighted by Gasteiger charge is 2.15. The highest BCUT2D eigenvalue weighted by Crippen LogP contribution is 2.21. The van der Waals surface area contributed by atoms with Crippen molar-refractivity contribution in [3.8, 4) is 0 Å². The lowest BCUT2D eigenvalue weighted by Crippen LogP contribution is -2.42. The number of carbonyl (C=O) groups is 1. The van der Waals surface area contributed by atoms with Gasteiger partial charge in [0.25, 0.3) is 6.33 Å². The van der Waals surface area contributed by atoms with Crippen molar-refractivity contribution in [3.63, 3.8) is 0 Å². The number of ketones is 1. The number of rotatable bonds is 3. The molecule has 17 heavy (non-hydrogen) atoms. The van der Waals surface area contributed by atoms with Gasteiger partial charge >= 0.3 is 0 Å². The number of benzene rings is 1. The first-order chi connectivity index (χ1) is 8.06.